The molecule has 0 radical (unpaired) electrons. The van der Waals surface area contributed by atoms with Gasteiger partial charge in [-0.3, -0.25) is 4.79 Å². The van der Waals surface area contributed by atoms with Gasteiger partial charge in [-0.15, -0.1) is 0 Å². The second-order valence-corrected chi connectivity index (χ2v) is 7.79. The lowest BCUT2D eigenvalue weighted by molar-refractivity contribution is -0.117. The van der Waals surface area contributed by atoms with Crippen molar-refractivity contribution >= 4 is 11.6 Å². The first kappa shape index (κ1) is 19.7. The summed E-state index contributed by atoms with van der Waals surface area (Å²) in [5.74, 6) is 0.126. The molecule has 23 heavy (non-hydrogen) atoms. The van der Waals surface area contributed by atoms with Crippen LogP contribution in [-0.2, 0) is 17.6 Å². The third-order valence-electron chi connectivity index (χ3n) is 4.04. The van der Waals surface area contributed by atoms with Crippen molar-refractivity contribution < 1.29 is 4.79 Å². The second kappa shape index (κ2) is 9.75. The molecule has 0 aliphatic heterocycles. The van der Waals surface area contributed by atoms with Crippen molar-refractivity contribution in [1.82, 2.24) is 0 Å². The van der Waals surface area contributed by atoms with Crippen LogP contribution in [0.25, 0.3) is 0 Å². The minimum atomic E-state index is 0.0202. The fraction of sp³-hybridized carbons (Fsp3) is 0.667. The minimum absolute atomic E-state index is 0.0202. The highest BCUT2D eigenvalue weighted by atomic mass is 16.1. The molecule has 1 aromatic rings. The average Bonchev–Trinajstić information content (AvgIpc) is 2.44. The Morgan fingerprint density at radius 1 is 1.00 bits per heavy atom. The number of aryl methyl sites for hydroxylation is 1. The first-order valence-corrected chi connectivity index (χ1v) is 9.28. The van der Waals surface area contributed by atoms with Crippen LogP contribution in [0.3, 0.4) is 0 Å². The predicted octanol–water partition coefficient (Wildman–Crippen LogP) is 6.14. The molecule has 130 valence electrons. The van der Waals surface area contributed by atoms with Gasteiger partial charge in [-0.05, 0) is 41.9 Å². The fourth-order valence-corrected chi connectivity index (χ4v) is 2.96. The van der Waals surface area contributed by atoms with Crippen LogP contribution in [0.5, 0.6) is 0 Å². The maximum Gasteiger partial charge on any atom is 0.224 e. The lowest BCUT2D eigenvalue weighted by Crippen LogP contribution is -2.20. The predicted molar refractivity (Wildman–Crippen MR) is 101 cm³/mol. The topological polar surface area (TPSA) is 29.1 Å². The van der Waals surface area contributed by atoms with E-state index in [0.717, 1.165) is 24.9 Å². The van der Waals surface area contributed by atoms with Crippen molar-refractivity contribution in [1.29, 1.82) is 0 Å². The number of carbonyl (C=O) groups is 1. The van der Waals surface area contributed by atoms with Crippen LogP contribution in [-0.4, -0.2) is 5.91 Å². The van der Waals surface area contributed by atoms with Crippen molar-refractivity contribution in [2.24, 2.45) is 5.41 Å². The quantitative estimate of drug-likeness (QED) is 0.545. The van der Waals surface area contributed by atoms with Crippen LogP contribution in [0.1, 0.15) is 84.3 Å². The summed E-state index contributed by atoms with van der Waals surface area (Å²) in [4.78, 5) is 12.3. The van der Waals surface area contributed by atoms with E-state index in [-0.39, 0.29) is 11.3 Å². The van der Waals surface area contributed by atoms with Crippen LogP contribution in [0.15, 0.2) is 18.2 Å². The average molecular weight is 318 g/mol. The lowest BCUT2D eigenvalue weighted by Gasteiger charge is -2.20. The highest BCUT2D eigenvalue weighted by molar-refractivity contribution is 5.92. The largest absolute Gasteiger partial charge is 0.326 e. The van der Waals surface area contributed by atoms with Gasteiger partial charge in [0.2, 0.25) is 5.91 Å². The van der Waals surface area contributed by atoms with Gasteiger partial charge in [-0.1, -0.05) is 72.4 Å². The molecule has 0 heterocycles. The lowest BCUT2D eigenvalue weighted by atomic mass is 9.91. The molecule has 0 aromatic heterocycles. The molecular weight excluding hydrogens is 282 g/mol. The highest BCUT2D eigenvalue weighted by Crippen LogP contribution is 2.26. The van der Waals surface area contributed by atoms with Crippen molar-refractivity contribution in [3.05, 3.63) is 29.3 Å². The Kier molecular flexibility index (Phi) is 8.36. The molecule has 0 bridgehead atoms. The summed E-state index contributed by atoms with van der Waals surface area (Å²) in [7, 11) is 0. The molecule has 2 nitrogen and oxygen atoms in total. The van der Waals surface area contributed by atoms with Crippen LogP contribution in [0.2, 0.25) is 0 Å². The molecule has 1 rings (SSSR count). The molecule has 0 unspecified atom stereocenters. The molecule has 1 aromatic carbocycles. The zero-order valence-electron chi connectivity index (χ0n) is 15.8. The number of carbonyl (C=O) groups excluding carboxylic acids is 1. The molecule has 0 atom stereocenters. The minimum Gasteiger partial charge on any atom is -0.326 e. The first-order valence-electron chi connectivity index (χ1n) is 9.28. The van der Waals surface area contributed by atoms with E-state index in [2.05, 4.69) is 58.1 Å². The van der Waals surface area contributed by atoms with Gasteiger partial charge in [0.15, 0.2) is 0 Å². The third-order valence-corrected chi connectivity index (χ3v) is 4.04. The van der Waals surface area contributed by atoms with Crippen LogP contribution < -0.4 is 5.32 Å². The molecule has 0 fully saturated rings. The van der Waals surface area contributed by atoms with Crippen LogP contribution in [0, 0.1) is 5.41 Å². The molecule has 1 amide bonds. The number of benzene rings is 1. The molecule has 0 aliphatic carbocycles. The molecule has 0 saturated heterocycles. The van der Waals surface area contributed by atoms with Gasteiger partial charge in [0, 0.05) is 12.1 Å². The Labute approximate surface area is 143 Å². The molecule has 0 saturated carbocycles. The number of hydrogen-bond acceptors (Lipinski definition) is 1. The van der Waals surface area contributed by atoms with Crippen molar-refractivity contribution in [3.8, 4) is 0 Å². The zero-order valence-corrected chi connectivity index (χ0v) is 15.8. The van der Waals surface area contributed by atoms with E-state index in [9.17, 15) is 4.79 Å². The van der Waals surface area contributed by atoms with Crippen molar-refractivity contribution in [3.63, 3.8) is 0 Å². The zero-order chi connectivity index (χ0) is 17.3. The highest BCUT2D eigenvalue weighted by Gasteiger charge is 2.17. The van der Waals surface area contributed by atoms with Crippen molar-refractivity contribution in [2.75, 3.05) is 5.32 Å². The maximum absolute atomic E-state index is 12.3. The number of amides is 1. The van der Waals surface area contributed by atoms with E-state index in [1.165, 1.54) is 36.8 Å². The Morgan fingerprint density at radius 2 is 1.74 bits per heavy atom. The number of hydrogen-bond donors (Lipinski definition) is 1. The molecule has 0 spiro atoms. The number of anilines is 1. The smallest absolute Gasteiger partial charge is 0.224 e. The summed E-state index contributed by atoms with van der Waals surface area (Å²) in [6.07, 6.45) is 8.88. The number of nitrogens with one attached hydrogen (secondary N) is 1. The normalized spacial score (nSPS) is 11.5. The Balaban J connectivity index is 2.87. The molecular formula is C21H35NO. The summed E-state index contributed by atoms with van der Waals surface area (Å²) in [5.41, 5.74) is 3.80. The molecule has 0 aliphatic rings. The van der Waals surface area contributed by atoms with Gasteiger partial charge < -0.3 is 5.32 Å². The van der Waals surface area contributed by atoms with E-state index >= 15 is 0 Å². The Hall–Kier alpha value is -1.31. The van der Waals surface area contributed by atoms with E-state index < -0.39 is 0 Å². The number of rotatable bonds is 9. The maximum atomic E-state index is 12.3. The first-order chi connectivity index (χ1) is 10.9. The van der Waals surface area contributed by atoms with E-state index in [4.69, 9.17) is 0 Å². The number of unbranched alkanes of at least 4 members (excludes halogenated alkanes) is 3. The standard InChI is InChI=1S/C21H35NO/c1-6-8-9-10-14-18-17(12-7-2)13-11-15-19(18)22-20(23)16-21(3,4)5/h11,13,15H,6-10,12,14,16H2,1-5H3,(H,22,23). The summed E-state index contributed by atoms with van der Waals surface area (Å²) in [6, 6.07) is 6.36. The van der Waals surface area contributed by atoms with Gasteiger partial charge in [-0.25, -0.2) is 0 Å². The Morgan fingerprint density at radius 3 is 2.35 bits per heavy atom. The van der Waals surface area contributed by atoms with E-state index in [0.29, 0.717) is 6.42 Å². The monoisotopic (exact) mass is 317 g/mol. The summed E-state index contributed by atoms with van der Waals surface area (Å²) in [5, 5.41) is 3.17. The van der Waals surface area contributed by atoms with Gasteiger partial charge in [0.05, 0.1) is 0 Å². The van der Waals surface area contributed by atoms with Crippen molar-refractivity contribution in [2.45, 2.75) is 86.0 Å². The van der Waals surface area contributed by atoms with E-state index in [1.54, 1.807) is 0 Å². The van der Waals surface area contributed by atoms with Gasteiger partial charge in [0.25, 0.3) is 0 Å². The molecule has 1 N–H and O–H groups in total. The van der Waals surface area contributed by atoms with Gasteiger partial charge in [-0.2, -0.15) is 0 Å². The summed E-state index contributed by atoms with van der Waals surface area (Å²) < 4.78 is 0. The summed E-state index contributed by atoms with van der Waals surface area (Å²) >= 11 is 0. The Bertz CT molecular complexity index is 485. The van der Waals surface area contributed by atoms with E-state index in [1.807, 2.05) is 0 Å². The van der Waals surface area contributed by atoms with Crippen LogP contribution in [0.4, 0.5) is 5.69 Å². The van der Waals surface area contributed by atoms with Crippen LogP contribution >= 0.6 is 0 Å². The second-order valence-electron chi connectivity index (χ2n) is 7.79. The third kappa shape index (κ3) is 7.67. The SMILES string of the molecule is CCCCCCc1c(CCC)cccc1NC(=O)CC(C)(C)C. The molecule has 2 heteroatoms. The summed E-state index contributed by atoms with van der Waals surface area (Å²) in [6.45, 7) is 10.8. The van der Waals surface area contributed by atoms with Gasteiger partial charge in [0.1, 0.15) is 0 Å². The van der Waals surface area contributed by atoms with Gasteiger partial charge >= 0.3 is 0 Å². The fourth-order valence-electron chi connectivity index (χ4n) is 2.96.